The predicted octanol–water partition coefficient (Wildman–Crippen LogP) is -0.661. The summed E-state index contributed by atoms with van der Waals surface area (Å²) < 4.78 is 33.4. The summed E-state index contributed by atoms with van der Waals surface area (Å²) in [6.07, 6.45) is -2.17. The molecule has 156 valence electrons. The van der Waals surface area contributed by atoms with E-state index >= 15 is 0 Å². The van der Waals surface area contributed by atoms with Gasteiger partial charge in [-0.25, -0.2) is 20.1 Å². The number of hydrogen-bond acceptors (Lipinski definition) is 11. The van der Waals surface area contributed by atoms with Gasteiger partial charge in [0.25, 0.3) is 0 Å². The third-order valence-corrected chi connectivity index (χ3v) is 5.72. The molecule has 0 aliphatic carbocycles. The summed E-state index contributed by atoms with van der Waals surface area (Å²) in [6.45, 7) is 0.0215. The molecular formula is C15H18N6O6S2. The van der Waals surface area contributed by atoms with Crippen molar-refractivity contribution in [1.29, 1.82) is 0 Å². The molecule has 3 aromatic heterocycles. The van der Waals surface area contributed by atoms with Gasteiger partial charge in [-0.1, -0.05) is 6.07 Å². The highest BCUT2D eigenvalue weighted by Crippen LogP contribution is 2.32. The second-order valence-electron chi connectivity index (χ2n) is 6.30. The number of ether oxygens (including phenoxy) is 1. The lowest BCUT2D eigenvalue weighted by Crippen LogP contribution is -2.35. The Hall–Kier alpha value is -2.20. The van der Waals surface area contributed by atoms with Gasteiger partial charge in [0.1, 0.15) is 24.6 Å². The summed E-state index contributed by atoms with van der Waals surface area (Å²) in [7, 11) is -4.21. The van der Waals surface area contributed by atoms with Crippen LogP contribution in [0, 0.1) is 0 Å². The molecule has 1 aliphatic rings. The minimum atomic E-state index is -4.21. The summed E-state index contributed by atoms with van der Waals surface area (Å²) in [6, 6.07) is 3.94. The molecule has 1 fully saturated rings. The Morgan fingerprint density at radius 1 is 1.31 bits per heavy atom. The second-order valence-corrected chi connectivity index (χ2v) is 8.56. The van der Waals surface area contributed by atoms with Crippen molar-refractivity contribution in [1.82, 2.24) is 19.5 Å². The Kier molecular flexibility index (Phi) is 5.48. The molecule has 12 nitrogen and oxygen atoms in total. The van der Waals surface area contributed by atoms with E-state index in [1.807, 2.05) is 17.5 Å². The first-order chi connectivity index (χ1) is 13.8. The van der Waals surface area contributed by atoms with Crippen molar-refractivity contribution >= 4 is 38.6 Å². The minimum absolute atomic E-state index is 0.373. The number of imidazole rings is 1. The fourth-order valence-electron chi connectivity index (χ4n) is 3.01. The Morgan fingerprint density at radius 3 is 2.86 bits per heavy atom. The quantitative estimate of drug-likeness (QED) is 0.367. The lowest BCUT2D eigenvalue weighted by atomic mass is 10.1. The number of fused-ring (bicyclic) bond motifs is 1. The number of nitrogens with zero attached hydrogens (tertiary/aromatic N) is 4. The number of nitrogens with two attached hydrogens (primary N) is 1. The van der Waals surface area contributed by atoms with Crippen LogP contribution < -0.4 is 10.5 Å². The first kappa shape index (κ1) is 20.1. The lowest BCUT2D eigenvalue weighted by Gasteiger charge is -2.16. The molecule has 5 N–H and O–H groups in total. The van der Waals surface area contributed by atoms with Gasteiger partial charge < -0.3 is 20.3 Å². The number of thiophene rings is 1. The molecule has 0 radical (unpaired) electrons. The van der Waals surface area contributed by atoms with E-state index in [4.69, 9.17) is 9.88 Å². The van der Waals surface area contributed by atoms with Crippen molar-refractivity contribution in [3.8, 4) is 0 Å². The van der Waals surface area contributed by atoms with Crippen LogP contribution in [0.4, 0.5) is 5.82 Å². The van der Waals surface area contributed by atoms with Crippen molar-refractivity contribution in [3.05, 3.63) is 35.0 Å². The molecule has 0 unspecified atom stereocenters. The zero-order valence-corrected chi connectivity index (χ0v) is 16.5. The van der Waals surface area contributed by atoms with Gasteiger partial charge in [-0.3, -0.25) is 8.75 Å². The monoisotopic (exact) mass is 442 g/mol. The minimum Gasteiger partial charge on any atom is -0.387 e. The van der Waals surface area contributed by atoms with Crippen LogP contribution in [0.3, 0.4) is 0 Å². The molecule has 0 amide bonds. The average Bonchev–Trinajstić information content (AvgIpc) is 3.39. The highest BCUT2D eigenvalue weighted by Gasteiger charge is 2.44. The first-order valence-corrected chi connectivity index (χ1v) is 10.8. The van der Waals surface area contributed by atoms with Crippen LogP contribution in [0.1, 0.15) is 11.1 Å². The van der Waals surface area contributed by atoms with Crippen LogP contribution in [0.25, 0.3) is 11.2 Å². The normalized spacial score (nSPS) is 24.9. The highest BCUT2D eigenvalue weighted by atomic mass is 32.2. The summed E-state index contributed by atoms with van der Waals surface area (Å²) in [5.41, 5.74) is 0.830. The molecule has 3 aromatic rings. The Morgan fingerprint density at radius 2 is 2.14 bits per heavy atom. The summed E-state index contributed by atoms with van der Waals surface area (Å²) in [4.78, 5) is 13.8. The molecule has 4 atom stereocenters. The van der Waals surface area contributed by atoms with E-state index in [0.29, 0.717) is 23.5 Å². The molecule has 1 saturated heterocycles. The fraction of sp³-hybridized carbons (Fsp3) is 0.400. The maximum Gasteiger partial charge on any atom is 0.333 e. The van der Waals surface area contributed by atoms with E-state index in [0.717, 1.165) is 4.88 Å². The molecule has 14 heteroatoms. The molecule has 0 aromatic carbocycles. The van der Waals surface area contributed by atoms with Crippen molar-refractivity contribution in [2.45, 2.75) is 31.1 Å². The fourth-order valence-corrected chi connectivity index (χ4v) is 3.98. The molecule has 0 bridgehead atoms. The Bertz CT molecular complexity index is 1090. The van der Waals surface area contributed by atoms with Crippen LogP contribution in [0.15, 0.2) is 30.2 Å². The third kappa shape index (κ3) is 4.23. The van der Waals surface area contributed by atoms with Crippen LogP contribution in [0.2, 0.25) is 0 Å². The smallest absolute Gasteiger partial charge is 0.333 e. The zero-order valence-electron chi connectivity index (χ0n) is 14.8. The largest absolute Gasteiger partial charge is 0.387 e. The van der Waals surface area contributed by atoms with Crippen molar-refractivity contribution in [2.24, 2.45) is 5.14 Å². The summed E-state index contributed by atoms with van der Waals surface area (Å²) in [5, 5.41) is 30.5. The van der Waals surface area contributed by atoms with Gasteiger partial charge in [0.2, 0.25) is 0 Å². The lowest BCUT2D eigenvalue weighted by molar-refractivity contribution is -0.0467. The van der Waals surface area contributed by atoms with Crippen LogP contribution >= 0.6 is 11.3 Å². The maximum absolute atomic E-state index is 11.0. The molecule has 29 heavy (non-hydrogen) atoms. The number of anilines is 1. The van der Waals surface area contributed by atoms with Crippen molar-refractivity contribution < 1.29 is 27.6 Å². The maximum atomic E-state index is 11.0. The number of hydrogen-bond donors (Lipinski definition) is 4. The topological polar surface area (TPSA) is 175 Å². The van der Waals surface area contributed by atoms with E-state index in [1.54, 1.807) is 11.3 Å². The third-order valence-electron chi connectivity index (χ3n) is 4.38. The molecular weight excluding hydrogens is 424 g/mol. The van der Waals surface area contributed by atoms with Gasteiger partial charge in [-0.05, 0) is 11.4 Å². The van der Waals surface area contributed by atoms with Crippen LogP contribution in [-0.2, 0) is 25.8 Å². The average molecular weight is 442 g/mol. The number of aliphatic hydroxyl groups is 2. The standard InChI is InChI=1S/C15H18N6O6S2/c16-29(24,25)26-5-9-11(22)12(23)15(27-9)21-7-20-10-13(18-6-19-14(10)21)17-4-8-2-1-3-28-8/h1-3,6-7,9,11-12,15,22-23H,4-5H2,(H2,16,24,25)(H,17,18,19)/t9-,11-,12-,15-/m1/s1. The molecule has 4 rings (SSSR count). The Balaban J connectivity index is 1.55. The van der Waals surface area contributed by atoms with Gasteiger partial charge in [0.15, 0.2) is 23.2 Å². The summed E-state index contributed by atoms with van der Waals surface area (Å²) >= 11 is 1.60. The molecule has 0 spiro atoms. The van der Waals surface area contributed by atoms with E-state index in [-0.39, 0.29) is 0 Å². The highest BCUT2D eigenvalue weighted by molar-refractivity contribution is 7.84. The summed E-state index contributed by atoms with van der Waals surface area (Å²) in [5.74, 6) is 0.504. The van der Waals surface area contributed by atoms with Gasteiger partial charge >= 0.3 is 10.3 Å². The second kappa shape index (κ2) is 7.91. The molecule has 0 saturated carbocycles. The SMILES string of the molecule is NS(=O)(=O)OC[C@H]1O[C@@H](n2cnc3c(NCc4cccs4)ncnc32)[C@H](O)[C@@H]1O. The van der Waals surface area contributed by atoms with Crippen LogP contribution in [0.5, 0.6) is 0 Å². The van der Waals surface area contributed by atoms with E-state index < -0.39 is 41.5 Å². The molecule has 4 heterocycles. The van der Waals surface area contributed by atoms with Crippen molar-refractivity contribution in [3.63, 3.8) is 0 Å². The number of aromatic nitrogens is 4. The number of rotatable bonds is 7. The Labute approximate surface area is 169 Å². The first-order valence-electron chi connectivity index (χ1n) is 8.46. The number of nitrogens with one attached hydrogen (secondary N) is 1. The van der Waals surface area contributed by atoms with E-state index in [2.05, 4.69) is 24.5 Å². The number of aliphatic hydroxyl groups excluding tert-OH is 2. The van der Waals surface area contributed by atoms with Gasteiger partial charge in [0.05, 0.1) is 19.5 Å². The van der Waals surface area contributed by atoms with Gasteiger partial charge in [-0.2, -0.15) is 8.42 Å². The van der Waals surface area contributed by atoms with Crippen molar-refractivity contribution in [2.75, 3.05) is 11.9 Å². The molecule has 1 aliphatic heterocycles. The predicted molar refractivity (Wildman–Crippen MR) is 102 cm³/mol. The van der Waals surface area contributed by atoms with E-state index in [1.165, 1.54) is 17.2 Å². The van der Waals surface area contributed by atoms with E-state index in [9.17, 15) is 18.6 Å². The van der Waals surface area contributed by atoms with Crippen LogP contribution in [-0.4, -0.2) is 63.1 Å². The van der Waals surface area contributed by atoms with Gasteiger partial charge in [-0.15, -0.1) is 11.3 Å². The zero-order chi connectivity index (χ0) is 20.6. The van der Waals surface area contributed by atoms with Gasteiger partial charge in [0, 0.05) is 4.88 Å².